The summed E-state index contributed by atoms with van der Waals surface area (Å²) in [6.07, 6.45) is -0.872. The first-order valence-corrected chi connectivity index (χ1v) is 8.12. The van der Waals surface area contributed by atoms with Crippen LogP contribution in [0.15, 0.2) is 36.4 Å². The average molecular weight is 340 g/mol. The zero-order valence-electron chi connectivity index (χ0n) is 14.5. The molecular weight excluding hydrogens is 320 g/mol. The van der Waals surface area contributed by atoms with Crippen LogP contribution in [0.3, 0.4) is 0 Å². The van der Waals surface area contributed by atoms with E-state index in [1.54, 1.807) is 18.2 Å². The number of rotatable bonds is 4. The van der Waals surface area contributed by atoms with Gasteiger partial charge in [-0.2, -0.15) is 0 Å². The molecule has 0 saturated carbocycles. The first kappa shape index (κ1) is 17.0. The van der Waals surface area contributed by atoms with E-state index in [9.17, 15) is 9.59 Å². The minimum Gasteiger partial charge on any atom is -0.485 e. The fraction of sp³-hybridized carbons (Fsp3) is 0.300. The molecule has 25 heavy (non-hydrogen) atoms. The number of carbonyl (C=O) groups excluding carboxylic acids is 2. The molecule has 0 spiro atoms. The van der Waals surface area contributed by atoms with Gasteiger partial charge in [0.15, 0.2) is 18.1 Å². The fourth-order valence-corrected chi connectivity index (χ4v) is 2.70. The standard InChI is InChI=1S/C20H20O5/c1-12-8-14(3)15(9-13(12)2)16(21)10-24-20(22)19-11-23-17-6-4-5-7-18(17)25-19/h4-9,19H,10-11H2,1-3H3/t19-/m0/s1. The lowest BCUT2D eigenvalue weighted by Crippen LogP contribution is -2.38. The van der Waals surface area contributed by atoms with Crippen molar-refractivity contribution in [1.82, 2.24) is 0 Å². The summed E-state index contributed by atoms with van der Waals surface area (Å²) < 4.78 is 16.2. The Hall–Kier alpha value is -2.82. The maximum Gasteiger partial charge on any atom is 0.351 e. The highest BCUT2D eigenvalue weighted by Crippen LogP contribution is 2.31. The molecule has 5 nitrogen and oxygen atoms in total. The fourth-order valence-electron chi connectivity index (χ4n) is 2.70. The summed E-state index contributed by atoms with van der Waals surface area (Å²) in [5, 5.41) is 0. The maximum atomic E-state index is 12.4. The van der Waals surface area contributed by atoms with Crippen LogP contribution >= 0.6 is 0 Å². The number of hydrogen-bond acceptors (Lipinski definition) is 5. The third kappa shape index (κ3) is 3.65. The van der Waals surface area contributed by atoms with E-state index in [1.165, 1.54) is 0 Å². The molecule has 0 unspecified atom stereocenters. The summed E-state index contributed by atoms with van der Waals surface area (Å²) in [4.78, 5) is 24.5. The molecule has 2 aromatic carbocycles. The molecule has 1 aliphatic heterocycles. The van der Waals surface area contributed by atoms with Crippen molar-refractivity contribution in [3.05, 3.63) is 58.7 Å². The molecule has 2 aromatic rings. The second kappa shape index (κ2) is 6.97. The number of Topliss-reactive ketones (excluding diaryl/α,β-unsaturated/α-hetero) is 1. The van der Waals surface area contributed by atoms with Gasteiger partial charge < -0.3 is 14.2 Å². The molecule has 1 atom stereocenters. The highest BCUT2D eigenvalue weighted by atomic mass is 16.6. The van der Waals surface area contributed by atoms with Crippen molar-refractivity contribution in [1.29, 1.82) is 0 Å². The van der Waals surface area contributed by atoms with Gasteiger partial charge in [0.25, 0.3) is 0 Å². The second-order valence-electron chi connectivity index (χ2n) is 6.15. The topological polar surface area (TPSA) is 61.8 Å². The Labute approximate surface area is 146 Å². The minimum absolute atomic E-state index is 0.0622. The van der Waals surface area contributed by atoms with Crippen LogP contribution in [0.5, 0.6) is 11.5 Å². The lowest BCUT2D eigenvalue weighted by Gasteiger charge is -2.24. The summed E-state index contributed by atoms with van der Waals surface area (Å²) in [7, 11) is 0. The molecule has 0 radical (unpaired) electrons. The summed E-state index contributed by atoms with van der Waals surface area (Å²) in [5.41, 5.74) is 3.59. The number of aryl methyl sites for hydroxylation is 3. The van der Waals surface area contributed by atoms with Crippen LogP contribution in [0.25, 0.3) is 0 Å². The molecule has 0 bridgehead atoms. The van der Waals surface area contributed by atoms with E-state index in [0.29, 0.717) is 17.1 Å². The van der Waals surface area contributed by atoms with Gasteiger partial charge in [0.05, 0.1) is 0 Å². The van der Waals surface area contributed by atoms with Crippen LogP contribution in [0.2, 0.25) is 0 Å². The van der Waals surface area contributed by atoms with Crippen LogP contribution in [0.1, 0.15) is 27.0 Å². The zero-order chi connectivity index (χ0) is 18.0. The molecule has 0 saturated heterocycles. The Morgan fingerprint density at radius 1 is 1.04 bits per heavy atom. The lowest BCUT2D eigenvalue weighted by molar-refractivity contribution is -0.153. The van der Waals surface area contributed by atoms with Crippen LogP contribution < -0.4 is 9.47 Å². The SMILES string of the molecule is Cc1cc(C)c(C(=O)COC(=O)[C@@H]2COc3ccccc3O2)cc1C. The van der Waals surface area contributed by atoms with E-state index >= 15 is 0 Å². The van der Waals surface area contributed by atoms with Crippen molar-refractivity contribution < 1.29 is 23.8 Å². The molecule has 130 valence electrons. The lowest BCUT2D eigenvalue weighted by atomic mass is 9.98. The number of esters is 1. The van der Waals surface area contributed by atoms with Crippen molar-refractivity contribution >= 4 is 11.8 Å². The van der Waals surface area contributed by atoms with E-state index < -0.39 is 12.1 Å². The number of ether oxygens (including phenoxy) is 3. The molecule has 1 aliphatic rings. The zero-order valence-corrected chi connectivity index (χ0v) is 14.5. The molecule has 0 aliphatic carbocycles. The van der Waals surface area contributed by atoms with Crippen LogP contribution in [0.4, 0.5) is 0 Å². The van der Waals surface area contributed by atoms with Crippen molar-refractivity contribution in [3.63, 3.8) is 0 Å². The number of carbonyl (C=O) groups is 2. The van der Waals surface area contributed by atoms with Gasteiger partial charge >= 0.3 is 5.97 Å². The van der Waals surface area contributed by atoms with Crippen LogP contribution in [0, 0.1) is 20.8 Å². The predicted molar refractivity (Wildman–Crippen MR) is 92.3 cm³/mol. The molecular formula is C20H20O5. The van der Waals surface area contributed by atoms with Crippen molar-refractivity contribution in [2.45, 2.75) is 26.9 Å². The Balaban J connectivity index is 1.61. The first-order valence-electron chi connectivity index (χ1n) is 8.12. The van der Waals surface area contributed by atoms with Crippen molar-refractivity contribution in [3.8, 4) is 11.5 Å². The Bertz CT molecular complexity index is 825. The second-order valence-corrected chi connectivity index (χ2v) is 6.15. The van der Waals surface area contributed by atoms with E-state index in [1.807, 2.05) is 39.0 Å². The van der Waals surface area contributed by atoms with E-state index in [2.05, 4.69) is 0 Å². The van der Waals surface area contributed by atoms with Crippen LogP contribution in [-0.4, -0.2) is 31.1 Å². The summed E-state index contributed by atoms with van der Waals surface area (Å²) >= 11 is 0. The maximum absolute atomic E-state index is 12.4. The van der Waals surface area contributed by atoms with Crippen molar-refractivity contribution in [2.24, 2.45) is 0 Å². The molecule has 0 fully saturated rings. The third-order valence-corrected chi connectivity index (χ3v) is 4.26. The van der Waals surface area contributed by atoms with Crippen molar-refractivity contribution in [2.75, 3.05) is 13.2 Å². The first-order chi connectivity index (χ1) is 12.0. The highest BCUT2D eigenvalue weighted by molar-refractivity contribution is 5.99. The minimum atomic E-state index is -0.872. The number of fused-ring (bicyclic) bond motifs is 1. The third-order valence-electron chi connectivity index (χ3n) is 4.26. The number of ketones is 1. The average Bonchev–Trinajstić information content (AvgIpc) is 2.62. The van der Waals surface area contributed by atoms with Gasteiger partial charge in [0, 0.05) is 5.56 Å². The Kier molecular flexibility index (Phi) is 4.74. The molecule has 0 aromatic heterocycles. The smallest absolute Gasteiger partial charge is 0.351 e. The van der Waals surface area contributed by atoms with E-state index in [4.69, 9.17) is 14.2 Å². The Morgan fingerprint density at radius 2 is 1.72 bits per heavy atom. The summed E-state index contributed by atoms with van der Waals surface area (Å²) in [6, 6.07) is 10.9. The highest BCUT2D eigenvalue weighted by Gasteiger charge is 2.29. The summed E-state index contributed by atoms with van der Waals surface area (Å²) in [6.45, 7) is 5.56. The van der Waals surface area contributed by atoms with Gasteiger partial charge in [-0.05, 0) is 55.7 Å². The molecule has 0 N–H and O–H groups in total. The Morgan fingerprint density at radius 3 is 2.48 bits per heavy atom. The summed E-state index contributed by atoms with van der Waals surface area (Å²) in [5.74, 6) is 0.246. The molecule has 5 heteroatoms. The molecule has 0 amide bonds. The van der Waals surface area contributed by atoms with Crippen LogP contribution in [-0.2, 0) is 9.53 Å². The monoisotopic (exact) mass is 340 g/mol. The largest absolute Gasteiger partial charge is 0.485 e. The molecule has 3 rings (SSSR count). The van der Waals surface area contributed by atoms with Gasteiger partial charge in [-0.15, -0.1) is 0 Å². The van der Waals surface area contributed by atoms with Gasteiger partial charge in [0.2, 0.25) is 11.9 Å². The van der Waals surface area contributed by atoms with Gasteiger partial charge in [-0.1, -0.05) is 18.2 Å². The predicted octanol–water partition coefficient (Wildman–Crippen LogP) is 3.18. The number of benzene rings is 2. The number of hydrogen-bond donors (Lipinski definition) is 0. The van der Waals surface area contributed by atoms with E-state index in [0.717, 1.165) is 16.7 Å². The normalized spacial score (nSPS) is 15.6. The molecule has 1 heterocycles. The van der Waals surface area contributed by atoms with E-state index in [-0.39, 0.29) is 19.0 Å². The van der Waals surface area contributed by atoms with Gasteiger partial charge in [-0.3, -0.25) is 4.79 Å². The quantitative estimate of drug-likeness (QED) is 0.632. The number of para-hydroxylation sites is 2. The van der Waals surface area contributed by atoms with Gasteiger partial charge in [0.1, 0.15) is 6.61 Å². The van der Waals surface area contributed by atoms with Gasteiger partial charge in [-0.25, -0.2) is 4.79 Å².